The monoisotopic (exact) mass is 2080 g/mol. The van der Waals surface area contributed by atoms with Gasteiger partial charge in [-0.25, -0.2) is 14.4 Å². The fourth-order valence-electron chi connectivity index (χ4n) is 24.0. The van der Waals surface area contributed by atoms with Crippen molar-refractivity contribution >= 4 is 72.4 Å². The van der Waals surface area contributed by atoms with Gasteiger partial charge in [-0.05, 0) is 371 Å². The first-order valence-electron chi connectivity index (χ1n) is 52.6. The molecule has 17 heteroatoms. The number of ether oxygens (including phenoxy) is 6. The highest BCUT2D eigenvalue weighted by Gasteiger charge is 2.57. The molecule has 0 aromatic heterocycles. The number of esters is 3. The highest BCUT2D eigenvalue weighted by Crippen LogP contribution is 2.61. The van der Waals surface area contributed by atoms with Gasteiger partial charge in [0.05, 0.1) is 71.2 Å². The van der Waals surface area contributed by atoms with Crippen molar-refractivity contribution in [2.75, 3.05) is 19.8 Å². The van der Waals surface area contributed by atoms with Gasteiger partial charge in [-0.3, -0.25) is 0 Å². The summed E-state index contributed by atoms with van der Waals surface area (Å²) in [6.45, 7) is 18.8. The van der Waals surface area contributed by atoms with Crippen molar-refractivity contribution < 1.29 is 56.0 Å². The summed E-state index contributed by atoms with van der Waals surface area (Å²) in [5, 5.41) is 0. The zero-order valence-corrected chi connectivity index (χ0v) is 90.9. The fourth-order valence-corrected chi connectivity index (χ4v) is 35.2. The molecular weight excluding hydrogens is 1950 g/mol. The van der Waals surface area contributed by atoms with Crippen LogP contribution in [0.1, 0.15) is 161 Å². The van der Waals surface area contributed by atoms with Gasteiger partial charge in [0.2, 0.25) is 0 Å². The van der Waals surface area contributed by atoms with E-state index in [1.165, 1.54) is 141 Å². The number of carbonyl (C=O) groups is 3. The summed E-state index contributed by atoms with van der Waals surface area (Å²) in [6, 6.07) is 132. The molecule has 24 rings (SSSR count). The van der Waals surface area contributed by atoms with Crippen LogP contribution in [0, 0.1) is 89.9 Å². The predicted molar refractivity (Wildman–Crippen MR) is 598 cm³/mol. The fraction of sp³-hybridized carbons (Fsp3) is 0.295. The molecule has 9 aliphatic rings. The standard InChI is InChI=1S/C33H37O3S.C32H35O3S.C29H33O3S.C19H14F3S.C19H17S/c1-22-14-30(37(28-10-6-4-7-11-28)29-12-8-5-9-13-29)15-23(2)32(22)36-31(34)21-35-33(3)26-17-24-16-25(19-26)20-27(33)18-24;1-22-13-29(36(27-9-5-3-6-10-27)28-11-7-4-8-12-28)14-23(2)31(22)34-21-30(33)35-32-18-24-15-25(19-32)17-26(16-24)20-32;1-4-29(17-11-12-18-29)31-21-27(30)32-28-22(2)19-26(20-23(28)3)33(24-13-7-5-8-14-24)25-15-9-6-10-16-25;20-19(21,22)15-8-7-13-18(14-15)23(16-9-3-1-4-10-16)17-11-5-2-6-12-17;1-16-9-8-14-19(15-16)20(17-10-4-2-5-11-17)18-12-6-3-7-13-18/h4-15,24-27H,16-21H2,1-3H3;3-14,24-26H,15-21H2,1-2H3;5-10,13-16,19-20H,4,11-12,17-18,21H2,1-3H3;1-14H;2-15H,1H3/q5*+1. The van der Waals surface area contributed by atoms with Crippen LogP contribution in [-0.4, -0.2) is 54.5 Å². The molecule has 15 aromatic carbocycles. The average Bonchev–Trinajstić information content (AvgIpc) is 1.13. The molecule has 0 atom stereocenters. The predicted octanol–water partition coefficient (Wildman–Crippen LogP) is 32.8. The lowest BCUT2D eigenvalue weighted by Crippen LogP contribution is -2.57. The lowest BCUT2D eigenvalue weighted by molar-refractivity contribution is -0.199. The lowest BCUT2D eigenvalue weighted by Gasteiger charge is -2.59. The Morgan fingerprint density at radius 2 is 0.564 bits per heavy atom. The number of carbonyl (C=O) groups excluding carboxylic acids is 3. The molecular formula is C132H136F3O9S5+5. The van der Waals surface area contributed by atoms with Crippen LogP contribution >= 0.6 is 0 Å². The largest absolute Gasteiger partial charge is 0.481 e. The Hall–Kier alpha value is -12.0. The molecule has 9 saturated carbocycles. The van der Waals surface area contributed by atoms with Crippen molar-refractivity contribution in [3.63, 3.8) is 0 Å². The Balaban J connectivity index is 0.000000124. The zero-order valence-electron chi connectivity index (χ0n) is 86.8. The van der Waals surface area contributed by atoms with Gasteiger partial charge < -0.3 is 28.4 Å². The van der Waals surface area contributed by atoms with Gasteiger partial charge in [0.1, 0.15) is 36.1 Å². The molecule has 0 radical (unpaired) electrons. The van der Waals surface area contributed by atoms with Gasteiger partial charge in [0, 0.05) is 42.5 Å². The van der Waals surface area contributed by atoms with Gasteiger partial charge in [-0.15, -0.1) is 0 Å². The molecule has 0 unspecified atom stereocenters. The van der Waals surface area contributed by atoms with E-state index in [2.05, 4.69) is 326 Å². The first-order valence-corrected chi connectivity index (χ1v) is 58.8. The minimum Gasteiger partial charge on any atom is -0.481 e. The Morgan fingerprint density at radius 3 is 0.859 bits per heavy atom. The van der Waals surface area contributed by atoms with Crippen molar-refractivity contribution in [3.8, 4) is 17.2 Å². The molecule has 0 N–H and O–H groups in total. The van der Waals surface area contributed by atoms with Gasteiger partial charge in [0.15, 0.2) is 80.0 Å². The summed E-state index contributed by atoms with van der Waals surface area (Å²) < 4.78 is 75.6. The first kappa shape index (κ1) is 107. The molecule has 9 nitrogen and oxygen atoms in total. The van der Waals surface area contributed by atoms with Crippen LogP contribution in [0.15, 0.2) is 462 Å². The topological polar surface area (TPSA) is 107 Å². The molecule has 0 spiro atoms. The number of hydrogen-bond donors (Lipinski definition) is 0. The second kappa shape index (κ2) is 49.4. The van der Waals surface area contributed by atoms with Crippen molar-refractivity contribution in [1.82, 2.24) is 0 Å². The molecule has 0 aliphatic heterocycles. The highest BCUT2D eigenvalue weighted by atomic mass is 32.2. The minimum atomic E-state index is -4.33. The van der Waals surface area contributed by atoms with Crippen LogP contribution in [0.5, 0.6) is 17.2 Å². The number of alkyl halides is 3. The summed E-state index contributed by atoms with van der Waals surface area (Å²) in [6.07, 6.45) is 14.7. The third kappa shape index (κ3) is 26.6. The number of benzene rings is 15. The average molecular weight is 2080 g/mol. The molecule has 15 aromatic rings. The van der Waals surface area contributed by atoms with E-state index in [1.807, 2.05) is 100 Å². The van der Waals surface area contributed by atoms with Crippen molar-refractivity contribution in [3.05, 3.63) is 433 Å². The number of rotatable bonds is 28. The second-order valence-electron chi connectivity index (χ2n) is 41.3. The molecule has 0 heterocycles. The smallest absolute Gasteiger partial charge is 0.416 e. The van der Waals surface area contributed by atoms with Crippen LogP contribution in [0.3, 0.4) is 0 Å². The zero-order chi connectivity index (χ0) is 104. The maximum atomic E-state index is 13.0. The van der Waals surface area contributed by atoms with Gasteiger partial charge in [-0.2, -0.15) is 13.2 Å². The minimum absolute atomic E-state index is 0.00682. The van der Waals surface area contributed by atoms with E-state index in [4.69, 9.17) is 28.4 Å². The maximum Gasteiger partial charge on any atom is 0.416 e. The van der Waals surface area contributed by atoms with E-state index < -0.39 is 22.6 Å². The summed E-state index contributed by atoms with van der Waals surface area (Å²) in [4.78, 5) is 56.7. The Kier molecular flexibility index (Phi) is 35.4. The Labute approximate surface area is 894 Å². The van der Waals surface area contributed by atoms with Crippen LogP contribution in [0.2, 0.25) is 0 Å². The van der Waals surface area contributed by atoms with E-state index in [0.717, 1.165) is 123 Å². The van der Waals surface area contributed by atoms with E-state index >= 15 is 0 Å². The molecule has 0 amide bonds. The van der Waals surface area contributed by atoms with Crippen LogP contribution in [0.4, 0.5) is 13.2 Å². The lowest BCUT2D eigenvalue weighted by atomic mass is 9.50. The number of hydrogen-bond acceptors (Lipinski definition) is 9. The van der Waals surface area contributed by atoms with Crippen LogP contribution in [-0.2, 0) is 89.2 Å². The third-order valence-corrected chi connectivity index (χ3v) is 41.4. The maximum absolute atomic E-state index is 13.0. The van der Waals surface area contributed by atoms with E-state index in [9.17, 15) is 27.6 Å². The third-order valence-electron chi connectivity index (χ3n) is 30.4. The first-order chi connectivity index (χ1) is 72.3. The number of aryl methyl sites for hydroxylation is 7. The van der Waals surface area contributed by atoms with Crippen molar-refractivity contribution in [2.24, 2.45) is 41.4 Å². The molecule has 0 saturated heterocycles. The Morgan fingerprint density at radius 1 is 0.295 bits per heavy atom. The Bertz CT molecular complexity index is 6620. The summed E-state index contributed by atoms with van der Waals surface area (Å²) >= 11 is 0. The van der Waals surface area contributed by atoms with Gasteiger partial charge in [0.25, 0.3) is 0 Å². The normalized spacial score (nSPS) is 19.9. The van der Waals surface area contributed by atoms with Crippen LogP contribution < -0.4 is 14.2 Å². The molecule has 8 bridgehead atoms. The van der Waals surface area contributed by atoms with Crippen molar-refractivity contribution in [1.29, 1.82) is 0 Å². The quantitative estimate of drug-likeness (QED) is 0.0269. The van der Waals surface area contributed by atoms with Crippen molar-refractivity contribution in [2.45, 2.75) is 261 Å². The van der Waals surface area contributed by atoms with E-state index in [0.29, 0.717) is 28.2 Å². The molecule has 9 fully saturated rings. The summed E-state index contributed by atoms with van der Waals surface area (Å²) in [5.41, 5.74) is 6.15. The van der Waals surface area contributed by atoms with Gasteiger partial charge >= 0.3 is 24.1 Å². The van der Waals surface area contributed by atoms with E-state index in [1.54, 1.807) is 6.07 Å². The molecule has 764 valence electrons. The molecule has 9 aliphatic carbocycles. The van der Waals surface area contributed by atoms with Gasteiger partial charge in [-0.1, -0.05) is 220 Å². The highest BCUT2D eigenvalue weighted by molar-refractivity contribution is 7.98. The van der Waals surface area contributed by atoms with E-state index in [-0.39, 0.29) is 98.1 Å². The SMILES string of the molecule is CCC1(OCC(=O)Oc2c(C)cc([S+](c3ccccc3)c3ccccc3)cc2C)CCCC1.Cc1cc([S+](c2ccccc2)c2ccccc2)cc(C)c1OC(=O)COC1(C)C2CC3CC(C2)CC1C3.Cc1cc([S+](c2ccccc2)c2ccccc2)cc(C)c1OCC(=O)OC12CC3CC(CC(C3)C1)C2.Cc1cccc([S+](c2ccccc2)c2ccccc2)c1.FC(F)(F)c1cccc([S+](c2ccccc2)c2ccccc2)c1. The summed E-state index contributed by atoms with van der Waals surface area (Å²) in [5.74, 6) is 6.49. The van der Waals surface area contributed by atoms with Crippen LogP contribution in [0.25, 0.3) is 0 Å². The molecule has 149 heavy (non-hydrogen) atoms. The summed E-state index contributed by atoms with van der Waals surface area (Å²) in [7, 11) is -1.27. The number of halogens is 3. The second-order valence-corrected chi connectivity index (χ2v) is 51.4.